The highest BCUT2D eigenvalue weighted by Gasteiger charge is 2.00. The standard InChI is InChI=1S/C18H8Si2/c19-7-5-13-1-3-15-11-16-4-2-14(6-8-20)10-18(16)12-17(15)9-13/h1-4,9-12H. The summed E-state index contributed by atoms with van der Waals surface area (Å²) in [6.45, 7) is 0. The molecule has 0 bridgehead atoms. The van der Waals surface area contributed by atoms with Gasteiger partial charge in [-0.3, -0.25) is 0 Å². The van der Waals surface area contributed by atoms with Crippen molar-refractivity contribution in [2.45, 2.75) is 0 Å². The van der Waals surface area contributed by atoms with Crippen molar-refractivity contribution in [3.63, 3.8) is 0 Å². The molecule has 0 atom stereocenters. The van der Waals surface area contributed by atoms with Gasteiger partial charge in [-0.2, -0.15) is 0 Å². The van der Waals surface area contributed by atoms with Crippen molar-refractivity contribution in [1.82, 2.24) is 0 Å². The first kappa shape index (κ1) is 12.8. The monoisotopic (exact) mass is 280 g/mol. The molecular weight excluding hydrogens is 272 g/mol. The maximum absolute atomic E-state index is 3.18. The first-order chi connectivity index (χ1) is 9.80. The fraction of sp³-hybridized carbons (Fsp3) is 0. The Morgan fingerprint density at radius 2 is 1.00 bits per heavy atom. The van der Waals surface area contributed by atoms with Crippen molar-refractivity contribution in [2.24, 2.45) is 0 Å². The third-order valence-electron chi connectivity index (χ3n) is 3.21. The van der Waals surface area contributed by atoms with Crippen molar-refractivity contribution < 1.29 is 0 Å². The molecule has 0 amide bonds. The second kappa shape index (κ2) is 5.39. The van der Waals surface area contributed by atoms with E-state index in [9.17, 15) is 0 Å². The summed E-state index contributed by atoms with van der Waals surface area (Å²) < 4.78 is 0. The number of rotatable bonds is 0. The van der Waals surface area contributed by atoms with Gasteiger partial charge in [-0.15, -0.1) is 11.1 Å². The molecule has 0 fully saturated rings. The van der Waals surface area contributed by atoms with E-state index in [2.05, 4.69) is 79.8 Å². The van der Waals surface area contributed by atoms with Crippen molar-refractivity contribution >= 4 is 42.0 Å². The van der Waals surface area contributed by atoms with Gasteiger partial charge in [0.1, 0.15) is 20.5 Å². The molecule has 0 aliphatic rings. The van der Waals surface area contributed by atoms with E-state index in [1.807, 2.05) is 12.1 Å². The molecule has 0 heterocycles. The first-order valence-electron chi connectivity index (χ1n) is 6.13. The fourth-order valence-electron chi connectivity index (χ4n) is 2.30. The topological polar surface area (TPSA) is 0 Å². The van der Waals surface area contributed by atoms with Gasteiger partial charge in [0.05, 0.1) is 0 Å². The van der Waals surface area contributed by atoms with Crippen molar-refractivity contribution in [3.05, 3.63) is 59.7 Å². The minimum atomic E-state index is 1.00. The van der Waals surface area contributed by atoms with E-state index in [0.717, 1.165) is 11.1 Å². The summed E-state index contributed by atoms with van der Waals surface area (Å²) in [7, 11) is 6.37. The van der Waals surface area contributed by atoms with Gasteiger partial charge in [-0.25, -0.2) is 0 Å². The summed E-state index contributed by atoms with van der Waals surface area (Å²) >= 11 is 0. The van der Waals surface area contributed by atoms with Gasteiger partial charge in [0, 0.05) is 11.1 Å². The zero-order valence-electron chi connectivity index (χ0n) is 10.6. The van der Waals surface area contributed by atoms with E-state index < -0.39 is 0 Å². The van der Waals surface area contributed by atoms with Crippen LogP contribution in [0.2, 0.25) is 0 Å². The number of hydrogen-bond donors (Lipinski definition) is 0. The molecule has 0 aromatic heterocycles. The predicted molar refractivity (Wildman–Crippen MR) is 86.7 cm³/mol. The Balaban J connectivity index is 2.27. The normalized spacial score (nSPS) is 9.70. The lowest BCUT2D eigenvalue weighted by Crippen LogP contribution is -1.81. The molecule has 6 radical (unpaired) electrons. The number of fused-ring (bicyclic) bond motifs is 2. The Bertz CT molecular complexity index is 857. The summed E-state index contributed by atoms with van der Waals surface area (Å²) in [5.74, 6) is 6.03. The summed E-state index contributed by atoms with van der Waals surface area (Å²) in [6.07, 6.45) is 0. The predicted octanol–water partition coefficient (Wildman–Crippen LogP) is 2.95. The molecule has 2 heteroatoms. The number of hydrogen-bond acceptors (Lipinski definition) is 0. The van der Waals surface area contributed by atoms with E-state index in [0.29, 0.717) is 0 Å². The second-order valence-corrected chi connectivity index (χ2v) is 4.98. The van der Waals surface area contributed by atoms with Crippen LogP contribution in [-0.4, -0.2) is 20.5 Å². The Morgan fingerprint density at radius 1 is 0.550 bits per heavy atom. The largest absolute Gasteiger partial charge is 0.147 e. The third kappa shape index (κ3) is 2.40. The molecule has 3 aromatic carbocycles. The van der Waals surface area contributed by atoms with Gasteiger partial charge in [0.25, 0.3) is 0 Å². The maximum Gasteiger partial charge on any atom is 0.147 e. The molecule has 88 valence electrons. The lowest BCUT2D eigenvalue weighted by Gasteiger charge is -2.04. The molecule has 0 aliphatic heterocycles. The van der Waals surface area contributed by atoms with Crippen LogP contribution in [-0.2, 0) is 0 Å². The highest BCUT2D eigenvalue weighted by molar-refractivity contribution is 6.22. The maximum atomic E-state index is 3.18. The van der Waals surface area contributed by atoms with Gasteiger partial charge >= 0.3 is 0 Å². The SMILES string of the molecule is [Si]C#Cc1ccc2cc3ccc(C#C[Si])cc3cc2c1. The average Bonchev–Trinajstić information content (AvgIpc) is 2.46. The third-order valence-corrected chi connectivity index (χ3v) is 3.46. The minimum Gasteiger partial charge on any atom is -0.133 e. The van der Waals surface area contributed by atoms with Crippen molar-refractivity contribution in [1.29, 1.82) is 0 Å². The van der Waals surface area contributed by atoms with Crippen LogP contribution in [0, 0.1) is 22.9 Å². The summed E-state index contributed by atoms with van der Waals surface area (Å²) in [4.78, 5) is 0. The fourth-order valence-corrected chi connectivity index (χ4v) is 2.59. The van der Waals surface area contributed by atoms with E-state index in [-0.39, 0.29) is 0 Å². The number of benzene rings is 3. The molecule has 0 spiro atoms. The lowest BCUT2D eigenvalue weighted by atomic mass is 10.0. The van der Waals surface area contributed by atoms with E-state index >= 15 is 0 Å². The smallest absolute Gasteiger partial charge is 0.133 e. The molecule has 0 N–H and O–H groups in total. The van der Waals surface area contributed by atoms with Gasteiger partial charge < -0.3 is 0 Å². The van der Waals surface area contributed by atoms with Crippen LogP contribution in [0.3, 0.4) is 0 Å². The van der Waals surface area contributed by atoms with Gasteiger partial charge in [0.15, 0.2) is 0 Å². The van der Waals surface area contributed by atoms with Crippen LogP contribution in [0.1, 0.15) is 11.1 Å². The first-order valence-corrected chi connectivity index (χ1v) is 7.13. The minimum absolute atomic E-state index is 1.00. The average molecular weight is 280 g/mol. The van der Waals surface area contributed by atoms with Gasteiger partial charge in [-0.05, 0) is 57.9 Å². The van der Waals surface area contributed by atoms with Crippen molar-refractivity contribution in [2.75, 3.05) is 0 Å². The summed E-state index contributed by atoms with van der Waals surface area (Å²) in [5.41, 5.74) is 7.49. The van der Waals surface area contributed by atoms with Gasteiger partial charge in [0.2, 0.25) is 0 Å². The van der Waals surface area contributed by atoms with Crippen LogP contribution in [0.25, 0.3) is 21.5 Å². The second-order valence-electron chi connectivity index (χ2n) is 4.48. The zero-order chi connectivity index (χ0) is 13.9. The van der Waals surface area contributed by atoms with Crippen LogP contribution < -0.4 is 0 Å². The molecule has 0 saturated carbocycles. The Kier molecular flexibility index (Phi) is 3.43. The molecule has 0 aliphatic carbocycles. The van der Waals surface area contributed by atoms with E-state index in [4.69, 9.17) is 0 Å². The molecule has 0 unspecified atom stereocenters. The van der Waals surface area contributed by atoms with Crippen LogP contribution >= 0.6 is 0 Å². The summed E-state index contributed by atoms with van der Waals surface area (Å²) in [5, 5.41) is 4.81. The Hall–Kier alpha value is -2.27. The molecule has 0 saturated heterocycles. The molecule has 20 heavy (non-hydrogen) atoms. The lowest BCUT2D eigenvalue weighted by molar-refractivity contribution is 1.69. The van der Waals surface area contributed by atoms with Gasteiger partial charge in [-0.1, -0.05) is 24.0 Å². The highest BCUT2D eigenvalue weighted by Crippen LogP contribution is 2.24. The summed E-state index contributed by atoms with van der Waals surface area (Å²) in [6, 6.07) is 16.9. The Morgan fingerprint density at radius 3 is 1.45 bits per heavy atom. The van der Waals surface area contributed by atoms with Crippen LogP contribution in [0.4, 0.5) is 0 Å². The van der Waals surface area contributed by atoms with E-state index in [1.54, 1.807) is 0 Å². The molecule has 0 nitrogen and oxygen atoms in total. The molecule has 3 rings (SSSR count). The van der Waals surface area contributed by atoms with E-state index in [1.165, 1.54) is 21.5 Å². The quantitative estimate of drug-likeness (QED) is 0.337. The molecule has 3 aromatic rings. The highest BCUT2D eigenvalue weighted by atomic mass is 28.1. The Labute approximate surface area is 125 Å². The zero-order valence-corrected chi connectivity index (χ0v) is 12.6. The van der Waals surface area contributed by atoms with Crippen LogP contribution in [0.5, 0.6) is 0 Å². The van der Waals surface area contributed by atoms with Crippen molar-refractivity contribution in [3.8, 4) is 22.9 Å². The van der Waals surface area contributed by atoms with Crippen LogP contribution in [0.15, 0.2) is 48.5 Å². The molecular formula is C18H8Si2.